The molecule has 2 N–H and O–H groups in total. The van der Waals surface area contributed by atoms with E-state index in [4.69, 9.17) is 0 Å². The fourth-order valence-electron chi connectivity index (χ4n) is 3.07. The van der Waals surface area contributed by atoms with Crippen LogP contribution in [0.1, 0.15) is 21.9 Å². The molecule has 1 aliphatic heterocycles. The van der Waals surface area contributed by atoms with E-state index in [1.54, 1.807) is 23.1 Å². The SMILES string of the molecule is CSc1ccccc1C1C(C#N)=C(c2cccs2)Nc2[nH]ncc21. The molecule has 0 amide bonds. The van der Waals surface area contributed by atoms with Crippen molar-refractivity contribution < 1.29 is 0 Å². The molecule has 0 saturated heterocycles. The van der Waals surface area contributed by atoms with Gasteiger partial charge in [0.1, 0.15) is 5.82 Å². The molecule has 2 aromatic heterocycles. The molecule has 1 atom stereocenters. The Morgan fingerprint density at radius 2 is 2.08 bits per heavy atom. The third kappa shape index (κ3) is 2.33. The van der Waals surface area contributed by atoms with E-state index in [2.05, 4.69) is 40.0 Å². The quantitative estimate of drug-likeness (QED) is 0.673. The maximum absolute atomic E-state index is 9.94. The number of rotatable bonds is 3. The smallest absolute Gasteiger partial charge is 0.130 e. The maximum Gasteiger partial charge on any atom is 0.130 e. The zero-order chi connectivity index (χ0) is 16.5. The Labute approximate surface area is 148 Å². The number of aromatic amines is 1. The summed E-state index contributed by atoms with van der Waals surface area (Å²) in [4.78, 5) is 2.23. The first kappa shape index (κ1) is 15.1. The van der Waals surface area contributed by atoms with Crippen LogP contribution in [-0.2, 0) is 0 Å². The van der Waals surface area contributed by atoms with Crippen LogP contribution >= 0.6 is 23.1 Å². The first-order valence-electron chi connectivity index (χ1n) is 7.45. The Balaban J connectivity index is 1.98. The number of thioether (sulfide) groups is 1. The molecule has 24 heavy (non-hydrogen) atoms. The molecule has 118 valence electrons. The van der Waals surface area contributed by atoms with Gasteiger partial charge in [-0.1, -0.05) is 24.3 Å². The molecule has 0 saturated carbocycles. The number of anilines is 1. The average molecular weight is 350 g/mol. The maximum atomic E-state index is 9.94. The average Bonchev–Trinajstić information content (AvgIpc) is 3.31. The minimum absolute atomic E-state index is 0.120. The summed E-state index contributed by atoms with van der Waals surface area (Å²) < 4.78 is 0. The summed E-state index contributed by atoms with van der Waals surface area (Å²) in [5, 5.41) is 22.5. The molecule has 4 rings (SSSR count). The molecule has 1 unspecified atom stereocenters. The van der Waals surface area contributed by atoms with E-state index in [9.17, 15) is 5.26 Å². The lowest BCUT2D eigenvalue weighted by molar-refractivity contribution is 0.942. The molecule has 3 aromatic rings. The molecule has 3 heterocycles. The number of nitrogens with one attached hydrogen (secondary N) is 2. The fourth-order valence-corrected chi connectivity index (χ4v) is 4.45. The summed E-state index contributed by atoms with van der Waals surface area (Å²) in [6, 6.07) is 14.7. The molecular weight excluding hydrogens is 336 g/mol. The predicted octanol–water partition coefficient (Wildman–Crippen LogP) is 4.69. The Hall–Kier alpha value is -2.49. The van der Waals surface area contributed by atoms with Gasteiger partial charge in [-0.3, -0.25) is 5.10 Å². The van der Waals surface area contributed by atoms with Crippen LogP contribution in [0.15, 0.2) is 58.4 Å². The topological polar surface area (TPSA) is 64.5 Å². The van der Waals surface area contributed by atoms with Gasteiger partial charge in [0, 0.05) is 10.5 Å². The molecule has 0 aliphatic carbocycles. The molecule has 1 aliphatic rings. The van der Waals surface area contributed by atoms with Crippen LogP contribution in [0.25, 0.3) is 5.70 Å². The second-order valence-corrected chi connectivity index (χ2v) is 7.17. The van der Waals surface area contributed by atoms with Gasteiger partial charge in [-0.25, -0.2) is 0 Å². The molecule has 1 aromatic carbocycles. The Morgan fingerprint density at radius 1 is 1.21 bits per heavy atom. The number of nitriles is 1. The second kappa shape index (κ2) is 6.19. The van der Waals surface area contributed by atoms with Gasteiger partial charge in [-0.15, -0.1) is 23.1 Å². The van der Waals surface area contributed by atoms with Crippen LogP contribution in [0.3, 0.4) is 0 Å². The minimum Gasteiger partial charge on any atom is -0.338 e. The number of benzene rings is 1. The molecule has 4 nitrogen and oxygen atoms in total. The minimum atomic E-state index is -0.120. The van der Waals surface area contributed by atoms with E-state index in [-0.39, 0.29) is 5.92 Å². The highest BCUT2D eigenvalue weighted by molar-refractivity contribution is 7.98. The lowest BCUT2D eigenvalue weighted by atomic mass is 9.83. The normalized spacial score (nSPS) is 16.4. The van der Waals surface area contributed by atoms with E-state index in [1.165, 1.54) is 4.90 Å². The first-order chi connectivity index (χ1) is 11.8. The van der Waals surface area contributed by atoms with Crippen molar-refractivity contribution in [1.82, 2.24) is 10.2 Å². The van der Waals surface area contributed by atoms with Crippen LogP contribution in [-0.4, -0.2) is 16.5 Å². The van der Waals surface area contributed by atoms with Crippen molar-refractivity contribution in [1.29, 1.82) is 5.26 Å². The number of hydrogen-bond acceptors (Lipinski definition) is 5. The van der Waals surface area contributed by atoms with Gasteiger partial charge >= 0.3 is 0 Å². The Morgan fingerprint density at radius 3 is 2.83 bits per heavy atom. The molecular formula is C18H14N4S2. The summed E-state index contributed by atoms with van der Waals surface area (Å²) in [5.74, 6) is 0.740. The van der Waals surface area contributed by atoms with E-state index in [0.29, 0.717) is 0 Å². The van der Waals surface area contributed by atoms with E-state index in [1.807, 2.05) is 35.8 Å². The van der Waals surface area contributed by atoms with Crippen molar-refractivity contribution in [2.24, 2.45) is 0 Å². The largest absolute Gasteiger partial charge is 0.338 e. The Bertz CT molecular complexity index is 948. The van der Waals surface area contributed by atoms with E-state index in [0.717, 1.165) is 33.1 Å². The highest BCUT2D eigenvalue weighted by Gasteiger charge is 2.33. The van der Waals surface area contributed by atoms with Crippen molar-refractivity contribution in [3.63, 3.8) is 0 Å². The number of nitrogens with zero attached hydrogens (tertiary/aromatic N) is 2. The van der Waals surface area contributed by atoms with Crippen LogP contribution in [0.5, 0.6) is 0 Å². The predicted molar refractivity (Wildman–Crippen MR) is 99.1 cm³/mol. The van der Waals surface area contributed by atoms with Crippen molar-refractivity contribution in [2.45, 2.75) is 10.8 Å². The van der Waals surface area contributed by atoms with Crippen LogP contribution in [0.2, 0.25) is 0 Å². The van der Waals surface area contributed by atoms with Gasteiger partial charge in [0.2, 0.25) is 0 Å². The Kier molecular flexibility index (Phi) is 3.89. The summed E-state index contributed by atoms with van der Waals surface area (Å²) >= 11 is 3.32. The third-order valence-electron chi connectivity index (χ3n) is 4.13. The zero-order valence-corrected chi connectivity index (χ0v) is 14.5. The van der Waals surface area contributed by atoms with Crippen molar-refractivity contribution in [3.05, 3.63) is 69.6 Å². The highest BCUT2D eigenvalue weighted by Crippen LogP contribution is 2.45. The van der Waals surface area contributed by atoms with E-state index < -0.39 is 0 Å². The number of thiophene rings is 1. The highest BCUT2D eigenvalue weighted by atomic mass is 32.2. The standard InChI is InChI=1S/C18H14N4S2/c1-23-14-6-3-2-5-11(14)16-12(9-19)17(15-7-4-8-24-15)21-18-13(16)10-20-22-18/h2-8,10,16H,1H3,(H2,20,21,22). The van der Waals surface area contributed by atoms with Crippen LogP contribution < -0.4 is 5.32 Å². The molecule has 0 spiro atoms. The lowest BCUT2D eigenvalue weighted by Crippen LogP contribution is -2.17. The molecule has 6 heteroatoms. The van der Waals surface area contributed by atoms with Gasteiger partial charge in [0.25, 0.3) is 0 Å². The molecule has 0 radical (unpaired) electrons. The number of fused-ring (bicyclic) bond motifs is 1. The van der Waals surface area contributed by atoms with Crippen molar-refractivity contribution in [3.8, 4) is 6.07 Å². The molecule has 0 bridgehead atoms. The number of aromatic nitrogens is 2. The van der Waals surface area contributed by atoms with Gasteiger partial charge in [0.15, 0.2) is 0 Å². The molecule has 0 fully saturated rings. The fraction of sp³-hybridized carbons (Fsp3) is 0.111. The van der Waals surface area contributed by atoms with E-state index >= 15 is 0 Å². The number of allylic oxidation sites excluding steroid dienone is 1. The zero-order valence-electron chi connectivity index (χ0n) is 12.9. The third-order valence-corrected chi connectivity index (χ3v) is 5.82. The van der Waals surface area contributed by atoms with Crippen molar-refractivity contribution >= 4 is 34.6 Å². The monoisotopic (exact) mass is 350 g/mol. The van der Waals surface area contributed by atoms with Gasteiger partial charge in [-0.05, 0) is 29.3 Å². The second-order valence-electron chi connectivity index (χ2n) is 5.38. The lowest BCUT2D eigenvalue weighted by Gasteiger charge is -2.27. The number of hydrogen-bond donors (Lipinski definition) is 2. The van der Waals surface area contributed by atoms with Crippen LogP contribution in [0.4, 0.5) is 5.82 Å². The summed E-state index contributed by atoms with van der Waals surface area (Å²) in [6.45, 7) is 0. The van der Waals surface area contributed by atoms with Gasteiger partial charge in [0.05, 0.1) is 34.3 Å². The first-order valence-corrected chi connectivity index (χ1v) is 9.55. The summed E-state index contributed by atoms with van der Waals surface area (Å²) in [5.41, 5.74) is 3.74. The summed E-state index contributed by atoms with van der Waals surface area (Å²) in [6.07, 6.45) is 3.87. The van der Waals surface area contributed by atoms with Crippen molar-refractivity contribution in [2.75, 3.05) is 11.6 Å². The van der Waals surface area contributed by atoms with Crippen LogP contribution in [0, 0.1) is 11.3 Å². The number of H-pyrrole nitrogens is 1. The summed E-state index contributed by atoms with van der Waals surface area (Å²) in [7, 11) is 0. The van der Waals surface area contributed by atoms with Gasteiger partial charge < -0.3 is 5.32 Å². The van der Waals surface area contributed by atoms with Gasteiger partial charge in [-0.2, -0.15) is 10.4 Å².